The van der Waals surface area contributed by atoms with Crippen molar-refractivity contribution >= 4 is 17.0 Å². The van der Waals surface area contributed by atoms with Gasteiger partial charge in [0.25, 0.3) is 0 Å². The number of nitrogens with one attached hydrogen (secondary N) is 1. The predicted octanol–water partition coefficient (Wildman–Crippen LogP) is 1.96. The summed E-state index contributed by atoms with van der Waals surface area (Å²) in [6.07, 6.45) is 0.929. The Labute approximate surface area is 94.3 Å². The first-order valence-corrected chi connectivity index (χ1v) is 5.12. The predicted molar refractivity (Wildman–Crippen MR) is 54.6 cm³/mol. The van der Waals surface area contributed by atoms with E-state index < -0.39 is 23.0 Å². The van der Waals surface area contributed by atoms with Gasteiger partial charge < -0.3 is 10.1 Å². The van der Waals surface area contributed by atoms with Crippen LogP contribution in [0, 0.1) is 11.6 Å². The summed E-state index contributed by atoms with van der Waals surface area (Å²) >= 11 is 0. The Balaban J connectivity index is 2.21. The molecule has 0 amide bonds. The number of benzene rings is 1. The Kier molecular flexibility index (Phi) is 1.81. The van der Waals surface area contributed by atoms with Crippen LogP contribution in [-0.2, 0) is 10.2 Å². The molecule has 1 aliphatic rings. The molecular formula is C11H8F2N2O2. The summed E-state index contributed by atoms with van der Waals surface area (Å²) < 4.78 is 26.4. The van der Waals surface area contributed by atoms with E-state index in [1.165, 1.54) is 6.07 Å². The van der Waals surface area contributed by atoms with Crippen LogP contribution in [-0.4, -0.2) is 21.0 Å². The molecule has 0 saturated heterocycles. The highest BCUT2D eigenvalue weighted by Crippen LogP contribution is 2.47. The number of H-pyrrole nitrogens is 1. The second-order valence-electron chi connectivity index (χ2n) is 4.23. The number of carboxylic acid groups (broad SMARTS) is 1. The number of fused-ring (bicyclic) bond motifs is 1. The fourth-order valence-electron chi connectivity index (χ4n) is 1.92. The lowest BCUT2D eigenvalue weighted by atomic mass is 10.1. The summed E-state index contributed by atoms with van der Waals surface area (Å²) in [5.41, 5.74) is -0.874. The molecular weight excluding hydrogens is 230 g/mol. The minimum atomic E-state index is -1.05. The molecule has 1 saturated carbocycles. The van der Waals surface area contributed by atoms with Gasteiger partial charge >= 0.3 is 5.97 Å². The van der Waals surface area contributed by atoms with E-state index >= 15 is 0 Å². The number of aromatic nitrogens is 2. The van der Waals surface area contributed by atoms with E-state index in [2.05, 4.69) is 9.97 Å². The van der Waals surface area contributed by atoms with Crippen molar-refractivity contribution in [3.8, 4) is 0 Å². The van der Waals surface area contributed by atoms with Crippen LogP contribution in [0.2, 0.25) is 0 Å². The van der Waals surface area contributed by atoms with Crippen LogP contribution in [0.4, 0.5) is 8.78 Å². The Hall–Kier alpha value is -1.98. The van der Waals surface area contributed by atoms with Gasteiger partial charge in [-0.3, -0.25) is 4.79 Å². The van der Waals surface area contributed by atoms with Crippen molar-refractivity contribution in [1.82, 2.24) is 9.97 Å². The number of imidazole rings is 1. The van der Waals surface area contributed by atoms with Gasteiger partial charge in [0.15, 0.2) is 11.6 Å². The van der Waals surface area contributed by atoms with E-state index in [1.807, 2.05) is 0 Å². The van der Waals surface area contributed by atoms with Crippen molar-refractivity contribution < 1.29 is 18.7 Å². The maximum atomic E-state index is 13.4. The summed E-state index contributed by atoms with van der Waals surface area (Å²) in [4.78, 5) is 17.7. The standard InChI is InChI=1S/C11H8F2N2O2/c12-5-1-2-6-8(7(5)13)15-9(14-6)11(3-4-11)10(16)17/h1-2H,3-4H2,(H,14,15)(H,16,17). The van der Waals surface area contributed by atoms with Gasteiger partial charge in [-0.15, -0.1) is 0 Å². The van der Waals surface area contributed by atoms with Crippen LogP contribution < -0.4 is 0 Å². The van der Waals surface area contributed by atoms with Crippen LogP contribution in [0.25, 0.3) is 11.0 Å². The van der Waals surface area contributed by atoms with Crippen LogP contribution in [0.15, 0.2) is 12.1 Å². The fourth-order valence-corrected chi connectivity index (χ4v) is 1.92. The molecule has 2 aromatic rings. The number of halogens is 2. The minimum absolute atomic E-state index is 0.146. The molecule has 1 aromatic heterocycles. The van der Waals surface area contributed by atoms with E-state index in [9.17, 15) is 13.6 Å². The van der Waals surface area contributed by atoms with Crippen molar-refractivity contribution in [2.45, 2.75) is 18.3 Å². The number of aliphatic carboxylic acids is 1. The van der Waals surface area contributed by atoms with Gasteiger partial charge in [0.2, 0.25) is 0 Å². The average molecular weight is 238 g/mol. The molecule has 1 aromatic carbocycles. The first kappa shape index (κ1) is 10.2. The molecule has 1 heterocycles. The van der Waals surface area contributed by atoms with Gasteiger partial charge in [0.1, 0.15) is 16.8 Å². The Morgan fingerprint density at radius 1 is 1.41 bits per heavy atom. The lowest BCUT2D eigenvalue weighted by Gasteiger charge is -2.03. The van der Waals surface area contributed by atoms with Gasteiger partial charge in [0, 0.05) is 0 Å². The molecule has 0 spiro atoms. The minimum Gasteiger partial charge on any atom is -0.480 e. The quantitative estimate of drug-likeness (QED) is 0.840. The molecule has 17 heavy (non-hydrogen) atoms. The molecule has 3 rings (SSSR count). The molecule has 0 aliphatic heterocycles. The number of nitrogens with zero attached hydrogens (tertiary/aromatic N) is 1. The molecule has 0 radical (unpaired) electrons. The number of aromatic amines is 1. The lowest BCUT2D eigenvalue weighted by Crippen LogP contribution is -2.20. The highest BCUT2D eigenvalue weighted by atomic mass is 19.2. The topological polar surface area (TPSA) is 66.0 Å². The first-order chi connectivity index (χ1) is 8.04. The largest absolute Gasteiger partial charge is 0.480 e. The third-order valence-corrected chi connectivity index (χ3v) is 3.16. The average Bonchev–Trinajstić information content (AvgIpc) is 2.99. The lowest BCUT2D eigenvalue weighted by molar-refractivity contribution is -0.140. The zero-order chi connectivity index (χ0) is 12.2. The van der Waals surface area contributed by atoms with Crippen molar-refractivity contribution in [2.24, 2.45) is 0 Å². The maximum absolute atomic E-state index is 13.4. The number of hydrogen-bond donors (Lipinski definition) is 2. The number of hydrogen-bond acceptors (Lipinski definition) is 2. The molecule has 88 valence electrons. The molecule has 1 fully saturated rings. The van der Waals surface area contributed by atoms with Gasteiger partial charge in [0.05, 0.1) is 5.52 Å². The smallest absolute Gasteiger partial charge is 0.317 e. The van der Waals surface area contributed by atoms with Gasteiger partial charge in [-0.05, 0) is 25.0 Å². The van der Waals surface area contributed by atoms with Gasteiger partial charge in [-0.1, -0.05) is 0 Å². The Bertz CT molecular complexity index is 632. The zero-order valence-electron chi connectivity index (χ0n) is 8.63. The molecule has 2 N–H and O–H groups in total. The zero-order valence-corrected chi connectivity index (χ0v) is 8.63. The van der Waals surface area contributed by atoms with Crippen LogP contribution in [0.3, 0.4) is 0 Å². The van der Waals surface area contributed by atoms with Crippen molar-refractivity contribution in [1.29, 1.82) is 0 Å². The summed E-state index contributed by atoms with van der Waals surface area (Å²) in [6.45, 7) is 0. The van der Waals surface area contributed by atoms with E-state index in [0.717, 1.165) is 6.07 Å². The second kappa shape index (κ2) is 3.03. The van der Waals surface area contributed by atoms with Crippen molar-refractivity contribution in [3.63, 3.8) is 0 Å². The number of carbonyl (C=O) groups is 1. The molecule has 0 atom stereocenters. The highest BCUT2D eigenvalue weighted by Gasteiger charge is 2.54. The third kappa shape index (κ3) is 1.26. The second-order valence-corrected chi connectivity index (χ2v) is 4.23. The summed E-state index contributed by atoms with van der Waals surface area (Å²) in [5.74, 6) is -2.83. The number of carboxylic acids is 1. The number of rotatable bonds is 2. The highest BCUT2D eigenvalue weighted by molar-refractivity contribution is 5.86. The van der Waals surface area contributed by atoms with Crippen LogP contribution >= 0.6 is 0 Å². The molecule has 6 heteroatoms. The van der Waals surface area contributed by atoms with E-state index in [0.29, 0.717) is 18.4 Å². The Morgan fingerprint density at radius 2 is 2.12 bits per heavy atom. The van der Waals surface area contributed by atoms with Crippen LogP contribution in [0.1, 0.15) is 18.7 Å². The van der Waals surface area contributed by atoms with Crippen LogP contribution in [0.5, 0.6) is 0 Å². The Morgan fingerprint density at radius 3 is 2.71 bits per heavy atom. The van der Waals surface area contributed by atoms with E-state index in [-0.39, 0.29) is 11.3 Å². The van der Waals surface area contributed by atoms with Crippen molar-refractivity contribution in [3.05, 3.63) is 29.6 Å². The summed E-state index contributed by atoms with van der Waals surface area (Å²) in [7, 11) is 0. The first-order valence-electron chi connectivity index (χ1n) is 5.12. The van der Waals surface area contributed by atoms with Gasteiger partial charge in [-0.25, -0.2) is 13.8 Å². The molecule has 0 bridgehead atoms. The summed E-state index contributed by atoms with van der Waals surface area (Å²) in [6, 6.07) is 2.34. The fraction of sp³-hybridized carbons (Fsp3) is 0.273. The third-order valence-electron chi connectivity index (χ3n) is 3.16. The normalized spacial score (nSPS) is 17.3. The molecule has 1 aliphatic carbocycles. The molecule has 4 nitrogen and oxygen atoms in total. The van der Waals surface area contributed by atoms with Gasteiger partial charge in [-0.2, -0.15) is 0 Å². The maximum Gasteiger partial charge on any atom is 0.317 e. The summed E-state index contributed by atoms with van der Waals surface area (Å²) in [5, 5.41) is 9.08. The van der Waals surface area contributed by atoms with E-state index in [4.69, 9.17) is 5.11 Å². The van der Waals surface area contributed by atoms with Crippen molar-refractivity contribution in [2.75, 3.05) is 0 Å². The molecule has 0 unspecified atom stereocenters. The SMILES string of the molecule is O=C(O)C1(c2nc3c(F)c(F)ccc3[nH]2)CC1. The monoisotopic (exact) mass is 238 g/mol. The van der Waals surface area contributed by atoms with E-state index in [1.54, 1.807) is 0 Å².